The van der Waals surface area contributed by atoms with Crippen LogP contribution in [0.3, 0.4) is 0 Å². The lowest BCUT2D eigenvalue weighted by molar-refractivity contribution is -0.137. The molecule has 0 aliphatic carbocycles. The molecule has 8 heteroatoms. The van der Waals surface area contributed by atoms with E-state index in [0.717, 1.165) is 19.3 Å². The summed E-state index contributed by atoms with van der Waals surface area (Å²) in [7, 11) is -3.84. The van der Waals surface area contributed by atoms with E-state index >= 15 is 0 Å². The van der Waals surface area contributed by atoms with Gasteiger partial charge in [0.1, 0.15) is 0 Å². The Balaban J connectivity index is 1.96. The zero-order chi connectivity index (χ0) is 21.3. The smallest absolute Gasteiger partial charge is 0.303 e. The topological polar surface area (TPSA) is 101 Å². The molecule has 2 N–H and O–H groups in total. The van der Waals surface area contributed by atoms with Crippen molar-refractivity contribution < 1.29 is 23.1 Å². The number of sulfonamides is 1. The van der Waals surface area contributed by atoms with Gasteiger partial charge in [0.05, 0.1) is 4.90 Å². The molecule has 0 amide bonds. The lowest BCUT2D eigenvalue weighted by Gasteiger charge is -2.11. The number of unbranched alkanes of at least 4 members (excludes halogenated alkanes) is 4. The van der Waals surface area contributed by atoms with Gasteiger partial charge in [0.2, 0.25) is 10.0 Å². The van der Waals surface area contributed by atoms with E-state index in [2.05, 4.69) is 4.72 Å². The van der Waals surface area contributed by atoms with Crippen molar-refractivity contribution in [2.75, 3.05) is 6.54 Å². The molecule has 2 rings (SSSR count). The van der Waals surface area contributed by atoms with Crippen molar-refractivity contribution in [2.24, 2.45) is 0 Å². The van der Waals surface area contributed by atoms with Crippen molar-refractivity contribution in [3.05, 3.63) is 64.7 Å². The van der Waals surface area contributed by atoms with Crippen LogP contribution in [0, 0.1) is 0 Å². The Morgan fingerprint density at radius 2 is 1.52 bits per heavy atom. The Hall–Kier alpha value is -2.22. The minimum absolute atomic E-state index is 0.0543. The van der Waals surface area contributed by atoms with Crippen molar-refractivity contribution >= 4 is 33.4 Å². The molecule has 29 heavy (non-hydrogen) atoms. The van der Waals surface area contributed by atoms with Gasteiger partial charge in [-0.2, -0.15) is 0 Å². The maximum atomic E-state index is 12.8. The van der Waals surface area contributed by atoms with Crippen molar-refractivity contribution in [1.29, 1.82) is 0 Å². The van der Waals surface area contributed by atoms with Crippen LogP contribution in [0.25, 0.3) is 0 Å². The first-order valence-corrected chi connectivity index (χ1v) is 11.3. The first kappa shape index (κ1) is 23.1. The van der Waals surface area contributed by atoms with E-state index in [1.54, 1.807) is 36.4 Å². The van der Waals surface area contributed by atoms with Crippen molar-refractivity contribution in [3.8, 4) is 0 Å². The Morgan fingerprint density at radius 3 is 2.21 bits per heavy atom. The van der Waals surface area contributed by atoms with Crippen LogP contribution in [0.5, 0.6) is 0 Å². The quantitative estimate of drug-likeness (QED) is 0.381. The van der Waals surface area contributed by atoms with Crippen LogP contribution < -0.4 is 4.72 Å². The van der Waals surface area contributed by atoms with Crippen LogP contribution in [-0.2, 0) is 14.8 Å². The predicted molar refractivity (Wildman–Crippen MR) is 112 cm³/mol. The molecule has 6 nitrogen and oxygen atoms in total. The summed E-state index contributed by atoms with van der Waals surface area (Å²) in [6, 6.07) is 12.4. The molecule has 0 atom stereocenters. The number of hydrogen-bond donors (Lipinski definition) is 2. The summed E-state index contributed by atoms with van der Waals surface area (Å²) in [6.45, 7) is 0.255. The van der Waals surface area contributed by atoms with E-state index in [1.165, 1.54) is 12.1 Å². The number of aliphatic carboxylic acids is 1. The van der Waals surface area contributed by atoms with Gasteiger partial charge in [0.15, 0.2) is 5.78 Å². The van der Waals surface area contributed by atoms with E-state index in [0.29, 0.717) is 23.4 Å². The van der Waals surface area contributed by atoms with Gasteiger partial charge >= 0.3 is 5.97 Å². The second-order valence-electron chi connectivity index (χ2n) is 6.64. The highest BCUT2D eigenvalue weighted by atomic mass is 35.5. The fraction of sp³-hybridized carbons (Fsp3) is 0.333. The zero-order valence-corrected chi connectivity index (χ0v) is 17.5. The molecule has 0 heterocycles. The number of benzene rings is 2. The maximum Gasteiger partial charge on any atom is 0.303 e. The number of carboxylic acid groups (broad SMARTS) is 1. The molecule has 0 saturated heterocycles. The summed E-state index contributed by atoms with van der Waals surface area (Å²) < 4.78 is 28.0. The molecule has 0 spiro atoms. The second-order valence-corrected chi connectivity index (χ2v) is 8.81. The summed E-state index contributed by atoms with van der Waals surface area (Å²) in [6.07, 6.45) is 3.87. The Morgan fingerprint density at radius 1 is 0.897 bits per heavy atom. The minimum Gasteiger partial charge on any atom is -0.481 e. The number of carboxylic acids is 1. The third kappa shape index (κ3) is 7.27. The highest BCUT2D eigenvalue weighted by Gasteiger charge is 2.22. The third-order valence-electron chi connectivity index (χ3n) is 4.39. The predicted octanol–water partition coefficient (Wildman–Crippen LogP) is 4.27. The molecule has 2 aromatic carbocycles. The number of nitrogens with one attached hydrogen (secondary N) is 1. The zero-order valence-electron chi connectivity index (χ0n) is 15.9. The standard InChI is InChI=1S/C21H24ClNO5S/c22-17-13-11-16(12-14-17)21(26)18-8-5-6-9-19(18)29(27,28)23-15-7-3-1-2-4-10-20(24)25/h5-6,8-9,11-14,23H,1-4,7,10,15H2,(H,24,25). The summed E-state index contributed by atoms with van der Waals surface area (Å²) in [4.78, 5) is 23.2. The number of carbonyl (C=O) groups excluding carboxylic acids is 1. The molecule has 0 radical (unpaired) electrons. The molecule has 0 bridgehead atoms. The lowest BCUT2D eigenvalue weighted by atomic mass is 10.0. The first-order chi connectivity index (χ1) is 13.8. The van der Waals surface area contributed by atoms with Gasteiger partial charge in [-0.3, -0.25) is 9.59 Å². The van der Waals surface area contributed by atoms with E-state index < -0.39 is 16.0 Å². The monoisotopic (exact) mass is 437 g/mol. The van der Waals surface area contributed by atoms with Crippen molar-refractivity contribution in [3.63, 3.8) is 0 Å². The molecule has 156 valence electrons. The Kier molecular flexibility index (Phi) is 8.82. The van der Waals surface area contributed by atoms with Gasteiger partial charge in [0.25, 0.3) is 0 Å². The van der Waals surface area contributed by atoms with Gasteiger partial charge in [-0.05, 0) is 49.2 Å². The van der Waals surface area contributed by atoms with Gasteiger partial charge in [-0.25, -0.2) is 13.1 Å². The fourth-order valence-corrected chi connectivity index (χ4v) is 4.26. The SMILES string of the molecule is O=C(O)CCCCCCCNS(=O)(=O)c1ccccc1C(=O)c1ccc(Cl)cc1. The molecule has 0 aliphatic heterocycles. The highest BCUT2D eigenvalue weighted by molar-refractivity contribution is 7.89. The molecule has 0 aromatic heterocycles. The van der Waals surface area contributed by atoms with Crippen LogP contribution in [0.15, 0.2) is 53.4 Å². The van der Waals surface area contributed by atoms with Crippen LogP contribution in [0.2, 0.25) is 5.02 Å². The second kappa shape index (κ2) is 11.1. The third-order valence-corrected chi connectivity index (χ3v) is 6.16. The maximum absolute atomic E-state index is 12.8. The number of rotatable bonds is 12. The largest absolute Gasteiger partial charge is 0.481 e. The lowest BCUT2D eigenvalue weighted by Crippen LogP contribution is -2.26. The van der Waals surface area contributed by atoms with Gasteiger partial charge in [-0.15, -0.1) is 0 Å². The summed E-state index contributed by atoms with van der Waals surface area (Å²) >= 11 is 5.85. The summed E-state index contributed by atoms with van der Waals surface area (Å²) in [5.74, 6) is -1.19. The minimum atomic E-state index is -3.84. The van der Waals surface area contributed by atoms with Crippen LogP contribution >= 0.6 is 11.6 Å². The Bertz CT molecular complexity index is 942. The van der Waals surface area contributed by atoms with Gasteiger partial charge in [0, 0.05) is 29.1 Å². The van der Waals surface area contributed by atoms with Gasteiger partial charge in [-0.1, -0.05) is 43.0 Å². The van der Waals surface area contributed by atoms with E-state index in [9.17, 15) is 18.0 Å². The number of hydrogen-bond acceptors (Lipinski definition) is 4. The van der Waals surface area contributed by atoms with E-state index in [4.69, 9.17) is 16.7 Å². The average Bonchev–Trinajstić information content (AvgIpc) is 2.70. The number of ketones is 1. The first-order valence-electron chi connectivity index (χ1n) is 9.42. The molecular formula is C21H24ClNO5S. The van der Waals surface area contributed by atoms with E-state index in [-0.39, 0.29) is 29.2 Å². The molecular weight excluding hydrogens is 414 g/mol. The molecule has 2 aromatic rings. The van der Waals surface area contributed by atoms with E-state index in [1.807, 2.05) is 0 Å². The number of halogens is 1. The average molecular weight is 438 g/mol. The summed E-state index contributed by atoms with van der Waals surface area (Å²) in [5.41, 5.74) is 0.467. The molecule has 0 unspecified atom stereocenters. The van der Waals surface area contributed by atoms with Crippen LogP contribution in [0.4, 0.5) is 0 Å². The highest BCUT2D eigenvalue weighted by Crippen LogP contribution is 2.20. The molecule has 0 aliphatic rings. The molecule has 0 fully saturated rings. The Labute approximate surface area is 176 Å². The van der Waals surface area contributed by atoms with Crippen LogP contribution in [-0.4, -0.2) is 31.8 Å². The number of carbonyl (C=O) groups is 2. The van der Waals surface area contributed by atoms with Gasteiger partial charge < -0.3 is 5.11 Å². The van der Waals surface area contributed by atoms with Crippen LogP contribution in [0.1, 0.15) is 54.4 Å². The molecule has 0 saturated carbocycles. The summed E-state index contributed by atoms with van der Waals surface area (Å²) in [5, 5.41) is 9.08. The van der Waals surface area contributed by atoms with Crippen molar-refractivity contribution in [2.45, 2.75) is 43.4 Å². The fourth-order valence-electron chi connectivity index (χ4n) is 2.86. The normalized spacial score (nSPS) is 11.3. The van der Waals surface area contributed by atoms with Crippen molar-refractivity contribution in [1.82, 2.24) is 4.72 Å².